The molecule has 0 bridgehead atoms. The molecule has 0 aliphatic carbocycles. The molecule has 0 aromatic heterocycles. The van der Waals surface area contributed by atoms with Crippen molar-refractivity contribution >= 4 is 0 Å². The van der Waals surface area contributed by atoms with Crippen molar-refractivity contribution in [1.29, 1.82) is 5.26 Å². The molecule has 2 nitrogen and oxygen atoms in total. The molecule has 0 saturated heterocycles. The summed E-state index contributed by atoms with van der Waals surface area (Å²) in [4.78, 5) is 0. The number of nitrogens with zero attached hydrogens (tertiary/aromatic N) is 1. The van der Waals surface area contributed by atoms with Crippen LogP contribution in [0.15, 0.2) is 0 Å². The van der Waals surface area contributed by atoms with Crippen molar-refractivity contribution in [2.24, 2.45) is 0 Å². The van der Waals surface area contributed by atoms with Gasteiger partial charge in [-0.15, -0.1) is 0 Å². The van der Waals surface area contributed by atoms with Gasteiger partial charge in [-0.2, -0.15) is 18.4 Å². The third kappa shape index (κ3) is 6.67. The molecule has 0 fully saturated rings. The molecule has 0 heterocycles. The van der Waals surface area contributed by atoms with Crippen LogP contribution in [0.1, 0.15) is 46.5 Å². The first-order chi connectivity index (χ1) is 7.22. The minimum atomic E-state index is -4.13. The largest absolute Gasteiger partial charge is 0.389 e. The Balaban J connectivity index is 4.13. The maximum atomic E-state index is 12.0. The average Bonchev–Trinajstić information content (AvgIpc) is 2.15. The first-order valence-electron chi connectivity index (χ1n) is 5.48. The van der Waals surface area contributed by atoms with Crippen LogP contribution in [0.2, 0.25) is 0 Å². The monoisotopic (exact) mass is 236 g/mol. The average molecular weight is 236 g/mol. The number of nitriles is 1. The van der Waals surface area contributed by atoms with Crippen LogP contribution < -0.4 is 5.32 Å². The molecule has 0 aliphatic rings. The molecule has 2 unspecified atom stereocenters. The summed E-state index contributed by atoms with van der Waals surface area (Å²) in [6, 6.07) is 2.19. The van der Waals surface area contributed by atoms with E-state index < -0.39 is 18.1 Å². The summed E-state index contributed by atoms with van der Waals surface area (Å²) in [6.07, 6.45) is -3.92. The Hall–Kier alpha value is -0.760. The Morgan fingerprint density at radius 1 is 1.31 bits per heavy atom. The number of halogens is 3. The van der Waals surface area contributed by atoms with E-state index in [2.05, 4.69) is 11.4 Å². The van der Waals surface area contributed by atoms with E-state index in [1.807, 2.05) is 13.8 Å². The first kappa shape index (κ1) is 15.2. The van der Waals surface area contributed by atoms with Gasteiger partial charge in [0.05, 0.1) is 6.07 Å². The molecule has 16 heavy (non-hydrogen) atoms. The van der Waals surface area contributed by atoms with Crippen molar-refractivity contribution in [3.8, 4) is 6.07 Å². The fraction of sp³-hybridized carbons (Fsp3) is 0.909. The lowest BCUT2D eigenvalue weighted by atomic mass is 9.95. The van der Waals surface area contributed by atoms with E-state index in [1.54, 1.807) is 6.92 Å². The SMILES string of the molecule is CCC(C)NC(C)(C#N)CCCC(F)(F)F. The van der Waals surface area contributed by atoms with Crippen molar-refractivity contribution in [3.63, 3.8) is 0 Å². The van der Waals surface area contributed by atoms with Crippen molar-refractivity contribution in [1.82, 2.24) is 5.32 Å². The van der Waals surface area contributed by atoms with Crippen LogP contribution in [0.3, 0.4) is 0 Å². The fourth-order valence-electron chi connectivity index (χ4n) is 1.45. The van der Waals surface area contributed by atoms with Gasteiger partial charge in [0.25, 0.3) is 0 Å². The van der Waals surface area contributed by atoms with Crippen molar-refractivity contribution < 1.29 is 13.2 Å². The lowest BCUT2D eigenvalue weighted by Crippen LogP contribution is -2.45. The lowest BCUT2D eigenvalue weighted by Gasteiger charge is -2.27. The van der Waals surface area contributed by atoms with E-state index in [4.69, 9.17) is 5.26 Å². The molecule has 0 rings (SSSR count). The van der Waals surface area contributed by atoms with Gasteiger partial charge in [-0.05, 0) is 33.1 Å². The highest BCUT2D eigenvalue weighted by molar-refractivity contribution is 5.04. The first-order valence-corrected chi connectivity index (χ1v) is 5.48. The van der Waals surface area contributed by atoms with Gasteiger partial charge < -0.3 is 0 Å². The maximum absolute atomic E-state index is 12.0. The summed E-state index contributed by atoms with van der Waals surface area (Å²) in [5.41, 5.74) is -0.860. The Morgan fingerprint density at radius 3 is 2.25 bits per heavy atom. The van der Waals surface area contributed by atoms with E-state index in [0.717, 1.165) is 6.42 Å². The topological polar surface area (TPSA) is 35.8 Å². The maximum Gasteiger partial charge on any atom is 0.389 e. The van der Waals surface area contributed by atoms with Crippen LogP contribution >= 0.6 is 0 Å². The molecule has 94 valence electrons. The molecule has 0 aliphatic heterocycles. The second kappa shape index (κ2) is 6.09. The second-order valence-electron chi connectivity index (χ2n) is 4.37. The molecule has 1 N–H and O–H groups in total. The Labute approximate surface area is 94.8 Å². The fourth-order valence-corrected chi connectivity index (χ4v) is 1.45. The van der Waals surface area contributed by atoms with Gasteiger partial charge in [-0.25, -0.2) is 0 Å². The van der Waals surface area contributed by atoms with Crippen molar-refractivity contribution in [3.05, 3.63) is 0 Å². The van der Waals surface area contributed by atoms with E-state index in [9.17, 15) is 13.2 Å². The zero-order valence-corrected chi connectivity index (χ0v) is 9.99. The van der Waals surface area contributed by atoms with Crippen LogP contribution in [0.5, 0.6) is 0 Å². The number of alkyl halides is 3. The predicted molar refractivity (Wildman–Crippen MR) is 56.8 cm³/mol. The molecular formula is C11H19F3N2. The van der Waals surface area contributed by atoms with Crippen molar-refractivity contribution in [2.45, 2.75) is 64.2 Å². The number of hydrogen-bond donors (Lipinski definition) is 1. The molecule has 0 aromatic rings. The summed E-state index contributed by atoms with van der Waals surface area (Å²) >= 11 is 0. The minimum absolute atomic E-state index is 0.0169. The molecular weight excluding hydrogens is 217 g/mol. The van der Waals surface area contributed by atoms with E-state index in [1.165, 1.54) is 0 Å². The van der Waals surface area contributed by atoms with Crippen LogP contribution in [0.25, 0.3) is 0 Å². The third-order valence-corrected chi connectivity index (χ3v) is 2.56. The zero-order valence-electron chi connectivity index (χ0n) is 9.99. The standard InChI is InChI=1S/C11H19F3N2/c1-4-9(2)16-10(3,8-15)6-5-7-11(12,13)14/h9,16H,4-7H2,1-3H3. The molecule has 5 heteroatoms. The smallest absolute Gasteiger partial charge is 0.297 e. The number of hydrogen-bond acceptors (Lipinski definition) is 2. The van der Waals surface area contributed by atoms with Crippen LogP contribution in [0, 0.1) is 11.3 Å². The van der Waals surface area contributed by atoms with Gasteiger partial charge in [0.15, 0.2) is 0 Å². The van der Waals surface area contributed by atoms with Crippen molar-refractivity contribution in [2.75, 3.05) is 0 Å². The Kier molecular flexibility index (Phi) is 5.80. The summed E-state index contributed by atoms with van der Waals surface area (Å²) in [5, 5.41) is 12.0. The van der Waals surface area contributed by atoms with Gasteiger partial charge in [-0.1, -0.05) is 6.92 Å². The highest BCUT2D eigenvalue weighted by atomic mass is 19.4. The number of nitrogens with one attached hydrogen (secondary N) is 1. The number of rotatable bonds is 6. The Bertz CT molecular complexity index is 245. The van der Waals surface area contributed by atoms with Crippen LogP contribution in [-0.2, 0) is 0 Å². The second-order valence-corrected chi connectivity index (χ2v) is 4.37. The highest BCUT2D eigenvalue weighted by Crippen LogP contribution is 2.25. The molecule has 2 atom stereocenters. The zero-order chi connectivity index (χ0) is 12.8. The van der Waals surface area contributed by atoms with Crippen LogP contribution in [-0.4, -0.2) is 17.8 Å². The Morgan fingerprint density at radius 2 is 1.88 bits per heavy atom. The third-order valence-electron chi connectivity index (χ3n) is 2.56. The van der Waals surface area contributed by atoms with Gasteiger partial charge in [0.2, 0.25) is 0 Å². The minimum Gasteiger partial charge on any atom is -0.297 e. The summed E-state index contributed by atoms with van der Waals surface area (Å²) < 4.78 is 35.9. The summed E-state index contributed by atoms with van der Waals surface area (Å²) in [7, 11) is 0. The molecule has 0 amide bonds. The van der Waals surface area contributed by atoms with Gasteiger partial charge >= 0.3 is 6.18 Å². The highest BCUT2D eigenvalue weighted by Gasteiger charge is 2.30. The van der Waals surface area contributed by atoms with E-state index in [-0.39, 0.29) is 18.9 Å². The van der Waals surface area contributed by atoms with Gasteiger partial charge in [0, 0.05) is 12.5 Å². The molecule has 0 aromatic carbocycles. The van der Waals surface area contributed by atoms with Gasteiger partial charge in [0.1, 0.15) is 5.54 Å². The van der Waals surface area contributed by atoms with Gasteiger partial charge in [-0.3, -0.25) is 5.32 Å². The predicted octanol–water partition coefficient (Wildman–Crippen LogP) is 3.39. The van der Waals surface area contributed by atoms with E-state index in [0.29, 0.717) is 0 Å². The van der Waals surface area contributed by atoms with Crippen LogP contribution in [0.4, 0.5) is 13.2 Å². The normalized spacial score (nSPS) is 17.6. The quantitative estimate of drug-likeness (QED) is 0.767. The summed E-state index contributed by atoms with van der Waals surface area (Å²) in [5.74, 6) is 0. The molecule has 0 radical (unpaired) electrons. The molecule has 0 saturated carbocycles. The lowest BCUT2D eigenvalue weighted by molar-refractivity contribution is -0.136. The van der Waals surface area contributed by atoms with E-state index >= 15 is 0 Å². The summed E-state index contributed by atoms with van der Waals surface area (Å²) in [6.45, 7) is 5.53. The molecule has 0 spiro atoms.